The zero-order valence-corrected chi connectivity index (χ0v) is 11.4. The molecule has 0 heterocycles. The number of carboxylic acids is 1. The standard InChI is InChI=1S/C14H13F4NO3/c15-8-6-7(9(16)11(18)10(8)17)12(20)19-5-4-14(13(21)22)2-1-3-14/h6H,1-5H2,(H,19,20)(H,21,22). The van der Waals surface area contributed by atoms with E-state index in [1.165, 1.54) is 0 Å². The number of carbonyl (C=O) groups is 2. The van der Waals surface area contributed by atoms with E-state index in [2.05, 4.69) is 5.32 Å². The number of halogens is 4. The van der Waals surface area contributed by atoms with Crippen molar-refractivity contribution >= 4 is 11.9 Å². The highest BCUT2D eigenvalue weighted by molar-refractivity contribution is 5.94. The van der Waals surface area contributed by atoms with Crippen molar-refractivity contribution in [3.63, 3.8) is 0 Å². The van der Waals surface area contributed by atoms with E-state index in [9.17, 15) is 27.2 Å². The van der Waals surface area contributed by atoms with Crippen molar-refractivity contribution in [2.45, 2.75) is 25.7 Å². The van der Waals surface area contributed by atoms with Crippen LogP contribution in [-0.4, -0.2) is 23.5 Å². The van der Waals surface area contributed by atoms with Crippen molar-refractivity contribution in [2.75, 3.05) is 6.54 Å². The predicted octanol–water partition coefficient (Wildman–Crippen LogP) is 2.62. The normalized spacial score (nSPS) is 16.0. The molecule has 1 aromatic rings. The number of benzene rings is 1. The van der Waals surface area contributed by atoms with E-state index in [-0.39, 0.29) is 19.0 Å². The fourth-order valence-electron chi connectivity index (χ4n) is 2.42. The van der Waals surface area contributed by atoms with E-state index in [1.807, 2.05) is 0 Å². The minimum absolute atomic E-state index is 0.0921. The smallest absolute Gasteiger partial charge is 0.309 e. The highest BCUT2D eigenvalue weighted by Crippen LogP contribution is 2.43. The Morgan fingerprint density at radius 3 is 2.27 bits per heavy atom. The molecule has 1 aliphatic carbocycles. The second-order valence-corrected chi connectivity index (χ2v) is 5.29. The first kappa shape index (κ1) is 16.3. The van der Waals surface area contributed by atoms with E-state index < -0.39 is 46.1 Å². The summed E-state index contributed by atoms with van der Waals surface area (Å²) in [6.07, 6.45) is 1.85. The highest BCUT2D eigenvalue weighted by Gasteiger charge is 2.43. The summed E-state index contributed by atoms with van der Waals surface area (Å²) < 4.78 is 52.3. The Hall–Kier alpha value is -2.12. The summed E-state index contributed by atoms with van der Waals surface area (Å²) in [5.41, 5.74) is -1.88. The molecule has 2 N–H and O–H groups in total. The first-order chi connectivity index (χ1) is 10.3. The van der Waals surface area contributed by atoms with Crippen LogP contribution in [0.2, 0.25) is 0 Å². The molecule has 2 rings (SSSR count). The van der Waals surface area contributed by atoms with Gasteiger partial charge >= 0.3 is 5.97 Å². The van der Waals surface area contributed by atoms with Crippen molar-refractivity contribution in [1.29, 1.82) is 0 Å². The first-order valence-corrected chi connectivity index (χ1v) is 6.63. The maximum Gasteiger partial charge on any atom is 0.309 e. The second kappa shape index (κ2) is 5.94. The number of hydrogen-bond donors (Lipinski definition) is 2. The fraction of sp³-hybridized carbons (Fsp3) is 0.429. The molecule has 120 valence electrons. The predicted molar refractivity (Wildman–Crippen MR) is 67.1 cm³/mol. The van der Waals surface area contributed by atoms with Crippen molar-refractivity contribution in [3.8, 4) is 0 Å². The molecule has 8 heteroatoms. The lowest BCUT2D eigenvalue weighted by molar-refractivity contribution is -0.155. The van der Waals surface area contributed by atoms with Crippen LogP contribution in [0.15, 0.2) is 6.07 Å². The molecule has 0 saturated heterocycles. The minimum atomic E-state index is -2.06. The van der Waals surface area contributed by atoms with Gasteiger partial charge in [0.1, 0.15) is 0 Å². The minimum Gasteiger partial charge on any atom is -0.481 e. The molecule has 1 aromatic carbocycles. The van der Waals surface area contributed by atoms with Gasteiger partial charge < -0.3 is 10.4 Å². The molecular weight excluding hydrogens is 306 g/mol. The zero-order valence-electron chi connectivity index (χ0n) is 11.4. The Balaban J connectivity index is 2.03. The molecule has 0 radical (unpaired) electrons. The van der Waals surface area contributed by atoms with Gasteiger partial charge in [-0.1, -0.05) is 6.42 Å². The van der Waals surface area contributed by atoms with Gasteiger partial charge in [0.2, 0.25) is 0 Å². The van der Waals surface area contributed by atoms with Crippen molar-refractivity contribution in [3.05, 3.63) is 34.9 Å². The fourth-order valence-corrected chi connectivity index (χ4v) is 2.42. The molecule has 0 unspecified atom stereocenters. The van der Waals surface area contributed by atoms with Gasteiger partial charge in [0.25, 0.3) is 5.91 Å². The average molecular weight is 319 g/mol. The zero-order chi connectivity index (χ0) is 16.5. The lowest BCUT2D eigenvalue weighted by Gasteiger charge is -2.37. The van der Waals surface area contributed by atoms with Gasteiger partial charge in [-0.25, -0.2) is 17.6 Å². The Morgan fingerprint density at radius 1 is 1.14 bits per heavy atom. The monoisotopic (exact) mass is 319 g/mol. The average Bonchev–Trinajstić information content (AvgIpc) is 2.42. The third-order valence-electron chi connectivity index (χ3n) is 4.00. The van der Waals surface area contributed by atoms with E-state index in [0.29, 0.717) is 12.8 Å². The highest BCUT2D eigenvalue weighted by atomic mass is 19.2. The molecule has 1 amide bonds. The number of hydrogen-bond acceptors (Lipinski definition) is 2. The van der Waals surface area contributed by atoms with Gasteiger partial charge in [-0.05, 0) is 25.3 Å². The number of carboxylic acid groups (broad SMARTS) is 1. The van der Waals surface area contributed by atoms with Crippen LogP contribution in [0.5, 0.6) is 0 Å². The molecule has 22 heavy (non-hydrogen) atoms. The van der Waals surface area contributed by atoms with E-state index in [4.69, 9.17) is 5.11 Å². The summed E-state index contributed by atoms with van der Waals surface area (Å²) in [6.45, 7) is -0.0921. The van der Waals surface area contributed by atoms with Gasteiger partial charge in [-0.2, -0.15) is 0 Å². The Bertz CT molecular complexity index is 629. The van der Waals surface area contributed by atoms with E-state index in [1.54, 1.807) is 0 Å². The quantitative estimate of drug-likeness (QED) is 0.498. The van der Waals surface area contributed by atoms with Crippen molar-refractivity contribution < 1.29 is 32.3 Å². The van der Waals surface area contributed by atoms with Crippen LogP contribution in [0.3, 0.4) is 0 Å². The molecule has 0 spiro atoms. The van der Waals surface area contributed by atoms with Crippen LogP contribution in [0.25, 0.3) is 0 Å². The Labute approximate surface area is 123 Å². The van der Waals surface area contributed by atoms with Gasteiger partial charge in [0, 0.05) is 6.54 Å². The van der Waals surface area contributed by atoms with E-state index in [0.717, 1.165) is 6.42 Å². The van der Waals surface area contributed by atoms with E-state index >= 15 is 0 Å². The molecule has 4 nitrogen and oxygen atoms in total. The van der Waals surface area contributed by atoms with Crippen LogP contribution in [0.1, 0.15) is 36.0 Å². The maximum atomic E-state index is 13.4. The van der Waals surface area contributed by atoms with Crippen LogP contribution in [0.4, 0.5) is 17.6 Å². The third-order valence-corrected chi connectivity index (χ3v) is 4.00. The summed E-state index contributed by atoms with van der Waals surface area (Å²) >= 11 is 0. The van der Waals surface area contributed by atoms with Crippen LogP contribution >= 0.6 is 0 Å². The topological polar surface area (TPSA) is 66.4 Å². The van der Waals surface area contributed by atoms with Gasteiger partial charge in [0.05, 0.1) is 11.0 Å². The summed E-state index contributed by atoms with van der Waals surface area (Å²) in [6, 6.07) is 0.263. The molecule has 0 atom stereocenters. The molecule has 0 aliphatic heterocycles. The number of nitrogens with one attached hydrogen (secondary N) is 1. The molecular formula is C14H13F4NO3. The second-order valence-electron chi connectivity index (χ2n) is 5.29. The van der Waals surface area contributed by atoms with Gasteiger partial charge in [0.15, 0.2) is 23.3 Å². The maximum absolute atomic E-state index is 13.4. The Morgan fingerprint density at radius 2 is 1.77 bits per heavy atom. The van der Waals surface area contributed by atoms with Crippen molar-refractivity contribution in [2.24, 2.45) is 5.41 Å². The number of carbonyl (C=O) groups excluding carboxylic acids is 1. The van der Waals surface area contributed by atoms with Gasteiger partial charge in [-0.15, -0.1) is 0 Å². The first-order valence-electron chi connectivity index (χ1n) is 6.63. The van der Waals surface area contributed by atoms with Crippen molar-refractivity contribution in [1.82, 2.24) is 5.32 Å². The molecule has 1 aliphatic rings. The molecule has 1 fully saturated rings. The summed E-state index contributed by atoms with van der Waals surface area (Å²) in [4.78, 5) is 22.8. The lowest BCUT2D eigenvalue weighted by Crippen LogP contribution is -2.41. The Kier molecular flexibility index (Phi) is 4.39. The number of rotatable bonds is 5. The third kappa shape index (κ3) is 2.77. The largest absolute Gasteiger partial charge is 0.481 e. The molecule has 0 aromatic heterocycles. The number of aliphatic carboxylic acids is 1. The van der Waals surface area contributed by atoms with Crippen LogP contribution in [-0.2, 0) is 4.79 Å². The van der Waals surface area contributed by atoms with Crippen LogP contribution in [0, 0.1) is 28.7 Å². The molecule has 0 bridgehead atoms. The SMILES string of the molecule is O=C(NCCC1(C(=O)O)CCC1)c1cc(F)c(F)c(F)c1F. The number of amides is 1. The summed E-state index contributed by atoms with van der Waals surface area (Å²) in [7, 11) is 0. The van der Waals surface area contributed by atoms with Crippen LogP contribution < -0.4 is 5.32 Å². The summed E-state index contributed by atoms with van der Waals surface area (Å²) in [5, 5.41) is 11.3. The summed E-state index contributed by atoms with van der Waals surface area (Å²) in [5.74, 6) is -9.62. The lowest BCUT2D eigenvalue weighted by atomic mass is 9.67. The van der Waals surface area contributed by atoms with Gasteiger partial charge in [-0.3, -0.25) is 9.59 Å². The molecule has 1 saturated carbocycles.